The summed E-state index contributed by atoms with van der Waals surface area (Å²) in [6.07, 6.45) is 2.35. The molecule has 1 heterocycles. The van der Waals surface area contributed by atoms with Crippen molar-refractivity contribution in [2.45, 2.75) is 13.3 Å². The van der Waals surface area contributed by atoms with Crippen LogP contribution in [-0.2, 0) is 0 Å². The van der Waals surface area contributed by atoms with Crippen LogP contribution in [0.2, 0.25) is 0 Å². The molecule has 0 spiro atoms. The number of ether oxygens (including phenoxy) is 1. The molecule has 0 saturated heterocycles. The van der Waals surface area contributed by atoms with Crippen molar-refractivity contribution >= 4 is 0 Å². The van der Waals surface area contributed by atoms with E-state index in [1.54, 1.807) is 6.20 Å². The summed E-state index contributed by atoms with van der Waals surface area (Å²) in [5.41, 5.74) is 0.976. The molecule has 0 aliphatic rings. The van der Waals surface area contributed by atoms with E-state index in [2.05, 4.69) is 4.98 Å². The van der Waals surface area contributed by atoms with E-state index in [4.69, 9.17) is 9.84 Å². The SMILES string of the molecule is Cc1ccc(OCCCO)cn1. The van der Waals surface area contributed by atoms with Gasteiger partial charge in [0, 0.05) is 18.7 Å². The minimum absolute atomic E-state index is 0.166. The van der Waals surface area contributed by atoms with Gasteiger partial charge in [0.05, 0.1) is 12.8 Å². The second-order valence-electron chi connectivity index (χ2n) is 2.56. The topological polar surface area (TPSA) is 42.4 Å². The lowest BCUT2D eigenvalue weighted by molar-refractivity contribution is 0.233. The Balaban J connectivity index is 2.37. The average molecular weight is 167 g/mol. The third-order valence-corrected chi connectivity index (χ3v) is 1.46. The van der Waals surface area contributed by atoms with Crippen molar-refractivity contribution in [2.24, 2.45) is 0 Å². The number of aromatic nitrogens is 1. The Morgan fingerprint density at radius 2 is 2.33 bits per heavy atom. The van der Waals surface area contributed by atoms with Gasteiger partial charge in [-0.25, -0.2) is 0 Å². The third kappa shape index (κ3) is 2.88. The Bertz CT molecular complexity index is 220. The highest BCUT2D eigenvalue weighted by Crippen LogP contribution is 2.08. The number of aryl methyl sites for hydroxylation is 1. The summed E-state index contributed by atoms with van der Waals surface area (Å²) in [5, 5.41) is 8.49. The van der Waals surface area contributed by atoms with E-state index in [0.29, 0.717) is 13.0 Å². The van der Waals surface area contributed by atoms with Crippen molar-refractivity contribution in [3.8, 4) is 5.75 Å². The summed E-state index contributed by atoms with van der Waals surface area (Å²) in [7, 11) is 0. The number of pyridine rings is 1. The van der Waals surface area contributed by atoms with Gasteiger partial charge in [-0.3, -0.25) is 4.98 Å². The smallest absolute Gasteiger partial charge is 0.137 e. The van der Waals surface area contributed by atoms with Crippen LogP contribution in [0.15, 0.2) is 18.3 Å². The first kappa shape index (κ1) is 9.00. The molecular formula is C9H13NO2. The number of hydrogen-bond acceptors (Lipinski definition) is 3. The van der Waals surface area contributed by atoms with Crippen LogP contribution in [0.5, 0.6) is 5.75 Å². The predicted molar refractivity (Wildman–Crippen MR) is 46.2 cm³/mol. The molecule has 0 unspecified atom stereocenters. The van der Waals surface area contributed by atoms with Gasteiger partial charge < -0.3 is 9.84 Å². The molecule has 66 valence electrons. The number of nitrogens with zero attached hydrogens (tertiary/aromatic N) is 1. The van der Waals surface area contributed by atoms with Gasteiger partial charge >= 0.3 is 0 Å². The molecule has 0 fully saturated rings. The molecule has 0 aliphatic carbocycles. The summed E-state index contributed by atoms with van der Waals surface area (Å²) in [5.74, 6) is 0.758. The molecule has 1 aromatic heterocycles. The average Bonchev–Trinajstić information content (AvgIpc) is 2.09. The highest BCUT2D eigenvalue weighted by atomic mass is 16.5. The van der Waals surface area contributed by atoms with E-state index in [9.17, 15) is 0 Å². The van der Waals surface area contributed by atoms with Gasteiger partial charge in [-0.2, -0.15) is 0 Å². The zero-order valence-corrected chi connectivity index (χ0v) is 7.16. The minimum atomic E-state index is 0.166. The second kappa shape index (κ2) is 4.72. The molecule has 12 heavy (non-hydrogen) atoms. The molecule has 3 heteroatoms. The van der Waals surface area contributed by atoms with Gasteiger partial charge in [0.2, 0.25) is 0 Å². The molecule has 0 aromatic carbocycles. The largest absolute Gasteiger partial charge is 0.492 e. The zero-order chi connectivity index (χ0) is 8.81. The van der Waals surface area contributed by atoms with Crippen molar-refractivity contribution in [1.29, 1.82) is 0 Å². The lowest BCUT2D eigenvalue weighted by Crippen LogP contribution is -1.99. The van der Waals surface area contributed by atoms with E-state index in [-0.39, 0.29) is 6.61 Å². The van der Waals surface area contributed by atoms with Crippen molar-refractivity contribution in [2.75, 3.05) is 13.2 Å². The monoisotopic (exact) mass is 167 g/mol. The van der Waals surface area contributed by atoms with Crippen LogP contribution < -0.4 is 4.74 Å². The van der Waals surface area contributed by atoms with E-state index >= 15 is 0 Å². The minimum Gasteiger partial charge on any atom is -0.492 e. The third-order valence-electron chi connectivity index (χ3n) is 1.46. The maximum atomic E-state index is 8.49. The van der Waals surface area contributed by atoms with Gasteiger partial charge in [0.15, 0.2) is 0 Å². The van der Waals surface area contributed by atoms with Crippen LogP contribution >= 0.6 is 0 Å². The van der Waals surface area contributed by atoms with E-state index in [1.807, 2.05) is 19.1 Å². The van der Waals surface area contributed by atoms with Crippen molar-refractivity contribution in [1.82, 2.24) is 4.98 Å². The lowest BCUT2D eigenvalue weighted by Gasteiger charge is -2.03. The summed E-state index contributed by atoms with van der Waals surface area (Å²) in [4.78, 5) is 4.07. The summed E-state index contributed by atoms with van der Waals surface area (Å²) in [6.45, 7) is 2.64. The molecule has 1 aromatic rings. The maximum absolute atomic E-state index is 8.49. The molecule has 0 bridgehead atoms. The van der Waals surface area contributed by atoms with Gasteiger partial charge in [-0.05, 0) is 19.1 Å². The molecule has 0 saturated carbocycles. The quantitative estimate of drug-likeness (QED) is 0.684. The standard InChI is InChI=1S/C9H13NO2/c1-8-3-4-9(7-10-8)12-6-2-5-11/h3-4,7,11H,2,5-6H2,1H3. The van der Waals surface area contributed by atoms with Gasteiger partial charge in [0.25, 0.3) is 0 Å². The maximum Gasteiger partial charge on any atom is 0.137 e. The first-order chi connectivity index (χ1) is 5.83. The first-order valence-electron chi connectivity index (χ1n) is 3.99. The fraction of sp³-hybridized carbons (Fsp3) is 0.444. The molecule has 0 amide bonds. The Kier molecular flexibility index (Phi) is 3.54. The Morgan fingerprint density at radius 1 is 1.50 bits per heavy atom. The number of aliphatic hydroxyl groups is 1. The van der Waals surface area contributed by atoms with Gasteiger partial charge in [-0.1, -0.05) is 0 Å². The summed E-state index contributed by atoms with van der Waals surface area (Å²) in [6, 6.07) is 3.77. The van der Waals surface area contributed by atoms with E-state index in [0.717, 1.165) is 11.4 Å². The Morgan fingerprint density at radius 3 is 2.92 bits per heavy atom. The van der Waals surface area contributed by atoms with Gasteiger partial charge in [-0.15, -0.1) is 0 Å². The lowest BCUT2D eigenvalue weighted by atomic mass is 10.4. The summed E-state index contributed by atoms with van der Waals surface area (Å²) >= 11 is 0. The van der Waals surface area contributed by atoms with Crippen molar-refractivity contribution in [3.63, 3.8) is 0 Å². The zero-order valence-electron chi connectivity index (χ0n) is 7.16. The fourth-order valence-corrected chi connectivity index (χ4v) is 0.794. The molecular weight excluding hydrogens is 154 g/mol. The van der Waals surface area contributed by atoms with Crippen molar-refractivity contribution in [3.05, 3.63) is 24.0 Å². The molecule has 1 N–H and O–H groups in total. The fourth-order valence-electron chi connectivity index (χ4n) is 0.794. The molecule has 0 atom stereocenters. The number of hydrogen-bond donors (Lipinski definition) is 1. The molecule has 1 rings (SSSR count). The van der Waals surface area contributed by atoms with E-state index in [1.165, 1.54) is 0 Å². The van der Waals surface area contributed by atoms with E-state index < -0.39 is 0 Å². The van der Waals surface area contributed by atoms with Crippen molar-refractivity contribution < 1.29 is 9.84 Å². The second-order valence-corrected chi connectivity index (χ2v) is 2.56. The van der Waals surface area contributed by atoms with Crippen LogP contribution in [-0.4, -0.2) is 23.3 Å². The molecule has 0 aliphatic heterocycles. The van der Waals surface area contributed by atoms with Crippen LogP contribution in [0.25, 0.3) is 0 Å². The van der Waals surface area contributed by atoms with Crippen LogP contribution in [0.1, 0.15) is 12.1 Å². The highest BCUT2D eigenvalue weighted by molar-refractivity contribution is 5.18. The normalized spacial score (nSPS) is 9.83. The molecule has 3 nitrogen and oxygen atoms in total. The molecule has 0 radical (unpaired) electrons. The summed E-state index contributed by atoms with van der Waals surface area (Å²) < 4.78 is 5.28. The Hall–Kier alpha value is -1.09. The predicted octanol–water partition coefficient (Wildman–Crippen LogP) is 1.15. The van der Waals surface area contributed by atoms with Crippen LogP contribution in [0.4, 0.5) is 0 Å². The Labute approximate surface area is 72.0 Å². The highest BCUT2D eigenvalue weighted by Gasteiger charge is 1.92. The number of aliphatic hydroxyl groups excluding tert-OH is 1. The van der Waals surface area contributed by atoms with Gasteiger partial charge in [0.1, 0.15) is 5.75 Å². The number of rotatable bonds is 4. The van der Waals surface area contributed by atoms with Crippen LogP contribution in [0.3, 0.4) is 0 Å². The first-order valence-corrected chi connectivity index (χ1v) is 3.99. The van der Waals surface area contributed by atoms with Crippen LogP contribution in [0, 0.1) is 6.92 Å².